The molecule has 1 saturated heterocycles. The summed E-state index contributed by atoms with van der Waals surface area (Å²) in [6.45, 7) is 4.24. The van der Waals surface area contributed by atoms with E-state index in [4.69, 9.17) is 44.2 Å². The number of aliphatic hydroxyl groups excluding tert-OH is 1. The van der Waals surface area contributed by atoms with Gasteiger partial charge in [-0.15, -0.1) is 0 Å². The molecule has 0 saturated carbocycles. The zero-order chi connectivity index (χ0) is 26.5. The van der Waals surface area contributed by atoms with Gasteiger partial charge in [0.15, 0.2) is 0 Å². The van der Waals surface area contributed by atoms with Gasteiger partial charge in [-0.25, -0.2) is 9.36 Å². The van der Waals surface area contributed by atoms with Crippen molar-refractivity contribution in [1.29, 1.82) is 0 Å². The van der Waals surface area contributed by atoms with Crippen LogP contribution in [0, 0.1) is 6.92 Å². The summed E-state index contributed by atoms with van der Waals surface area (Å²) >= 11 is 0. The number of phosphoric acid groups is 1. The molecule has 1 aromatic heterocycles. The third kappa shape index (κ3) is 17.4. The molecule has 33 heavy (non-hydrogen) atoms. The Morgan fingerprint density at radius 1 is 1.12 bits per heavy atom. The Morgan fingerprint density at radius 3 is 1.94 bits per heavy atom. The van der Waals surface area contributed by atoms with E-state index in [1.165, 1.54) is 13.1 Å². The first-order valence-corrected chi connectivity index (χ1v) is 10.3. The normalized spacial score (nSPS) is 18.9. The Hall–Kier alpha value is -2.88. The minimum absolute atomic E-state index is 0.0283. The lowest BCUT2D eigenvalue weighted by atomic mass is 10.2. The SMILES string of the molecule is CC(=O)O.CC(=O)O.CC(=O)O.Cc1cn([C@H]2C[C@H](O)[C@@H](COP(=O)(O)O)O2)c(=O)[nH]c1=O. The van der Waals surface area contributed by atoms with Gasteiger partial charge in [-0.2, -0.15) is 0 Å². The van der Waals surface area contributed by atoms with Crippen LogP contribution < -0.4 is 11.2 Å². The van der Waals surface area contributed by atoms with Crippen LogP contribution in [-0.4, -0.2) is 76.5 Å². The lowest BCUT2D eigenvalue weighted by molar-refractivity contribution is -0.135. The molecule has 2 heterocycles. The van der Waals surface area contributed by atoms with Crippen molar-refractivity contribution >= 4 is 25.7 Å². The van der Waals surface area contributed by atoms with E-state index in [9.17, 15) is 19.3 Å². The van der Waals surface area contributed by atoms with Gasteiger partial charge in [0.25, 0.3) is 23.5 Å². The standard InChI is InChI=1S/C10H15N2O8P.3C2H4O2/c1-5-3-12(10(15)11-9(5)14)8-2-6(13)7(20-8)4-19-21(16,17)18;3*1-2(3)4/h3,6-8,13H,2,4H2,1H3,(H,11,14,15)(H2,16,17,18);3*1H3,(H,3,4)/t6-,7+,8+;;;/m0.../s1. The van der Waals surface area contributed by atoms with Gasteiger partial charge in [-0.1, -0.05) is 0 Å². The summed E-state index contributed by atoms with van der Waals surface area (Å²) < 4.78 is 21.4. The van der Waals surface area contributed by atoms with Crippen molar-refractivity contribution in [1.82, 2.24) is 9.55 Å². The number of ether oxygens (including phenoxy) is 1. The molecule has 0 amide bonds. The molecule has 0 radical (unpaired) electrons. The maximum atomic E-state index is 11.7. The monoisotopic (exact) mass is 502 g/mol. The van der Waals surface area contributed by atoms with E-state index in [1.54, 1.807) is 0 Å². The molecule has 3 atom stereocenters. The molecule has 17 heteroatoms. The van der Waals surface area contributed by atoms with Crippen molar-refractivity contribution in [2.75, 3.05) is 6.61 Å². The topological polar surface area (TPSA) is 263 Å². The predicted octanol–water partition coefficient (Wildman–Crippen LogP) is -1.12. The smallest absolute Gasteiger partial charge is 0.469 e. The number of hydrogen-bond donors (Lipinski definition) is 7. The number of rotatable bonds is 4. The second-order valence-electron chi connectivity index (χ2n) is 6.25. The molecule has 0 spiro atoms. The second-order valence-corrected chi connectivity index (χ2v) is 7.49. The summed E-state index contributed by atoms with van der Waals surface area (Å²) in [5.74, 6) is -2.50. The fourth-order valence-corrected chi connectivity index (χ4v) is 2.35. The number of H-pyrrole nitrogens is 1. The number of nitrogens with one attached hydrogen (secondary N) is 1. The van der Waals surface area contributed by atoms with Crippen molar-refractivity contribution in [3.05, 3.63) is 32.6 Å². The lowest BCUT2D eigenvalue weighted by Gasteiger charge is -2.16. The van der Waals surface area contributed by atoms with Crippen molar-refractivity contribution in [2.24, 2.45) is 0 Å². The third-order valence-electron chi connectivity index (χ3n) is 3.07. The first kappa shape index (κ1) is 32.3. The number of carboxylic acid groups (broad SMARTS) is 3. The molecule has 0 aromatic carbocycles. The minimum Gasteiger partial charge on any atom is -0.481 e. The first-order valence-electron chi connectivity index (χ1n) is 8.81. The number of carbonyl (C=O) groups is 3. The molecule has 1 aliphatic rings. The zero-order valence-electron chi connectivity index (χ0n) is 18.1. The molecule has 16 nitrogen and oxygen atoms in total. The predicted molar refractivity (Wildman–Crippen MR) is 109 cm³/mol. The summed E-state index contributed by atoms with van der Waals surface area (Å²) in [5.41, 5.74) is -0.918. The molecule has 2 rings (SSSR count). The van der Waals surface area contributed by atoms with Gasteiger partial charge < -0.3 is 34.9 Å². The highest BCUT2D eigenvalue weighted by atomic mass is 31.2. The zero-order valence-corrected chi connectivity index (χ0v) is 19.0. The van der Waals surface area contributed by atoms with Crippen LogP contribution in [0.15, 0.2) is 15.8 Å². The average molecular weight is 502 g/mol. The van der Waals surface area contributed by atoms with Crippen LogP contribution >= 0.6 is 7.82 Å². The van der Waals surface area contributed by atoms with Crippen LogP contribution in [0.25, 0.3) is 0 Å². The van der Waals surface area contributed by atoms with E-state index >= 15 is 0 Å². The van der Waals surface area contributed by atoms with Gasteiger partial charge >= 0.3 is 13.5 Å². The summed E-state index contributed by atoms with van der Waals surface area (Å²) in [6.07, 6.45) is -1.57. The molecule has 1 aliphatic heterocycles. The van der Waals surface area contributed by atoms with Crippen LogP contribution in [0.2, 0.25) is 0 Å². The van der Waals surface area contributed by atoms with Gasteiger partial charge in [0.05, 0.1) is 12.7 Å². The molecular formula is C16H27N2O14P. The molecule has 0 aliphatic carbocycles. The fraction of sp³-hybridized carbons (Fsp3) is 0.562. The van der Waals surface area contributed by atoms with E-state index in [0.717, 1.165) is 25.3 Å². The highest BCUT2D eigenvalue weighted by Gasteiger charge is 2.37. The van der Waals surface area contributed by atoms with Gasteiger partial charge in [-0.3, -0.25) is 33.3 Å². The first-order chi connectivity index (χ1) is 14.9. The summed E-state index contributed by atoms with van der Waals surface area (Å²) in [4.78, 5) is 69.3. The van der Waals surface area contributed by atoms with E-state index < -0.39 is 62.0 Å². The number of aromatic nitrogens is 2. The maximum Gasteiger partial charge on any atom is 0.469 e. The van der Waals surface area contributed by atoms with E-state index in [0.29, 0.717) is 5.56 Å². The minimum atomic E-state index is -4.67. The van der Waals surface area contributed by atoms with Crippen molar-refractivity contribution in [3.63, 3.8) is 0 Å². The van der Waals surface area contributed by atoms with Crippen LogP contribution in [-0.2, 0) is 28.2 Å². The van der Waals surface area contributed by atoms with Crippen LogP contribution in [0.5, 0.6) is 0 Å². The van der Waals surface area contributed by atoms with E-state index in [2.05, 4.69) is 9.51 Å². The number of aliphatic hydroxyl groups is 1. The van der Waals surface area contributed by atoms with Gasteiger partial charge in [-0.05, 0) is 6.92 Å². The van der Waals surface area contributed by atoms with Gasteiger partial charge in [0, 0.05) is 39.0 Å². The number of nitrogens with zero attached hydrogens (tertiary/aromatic N) is 1. The fourth-order valence-electron chi connectivity index (χ4n) is 2.01. The number of aliphatic carboxylic acids is 3. The van der Waals surface area contributed by atoms with Crippen LogP contribution in [0.3, 0.4) is 0 Å². The molecule has 7 N–H and O–H groups in total. The van der Waals surface area contributed by atoms with E-state index in [1.807, 2.05) is 0 Å². The Bertz CT molecular complexity index is 909. The molecule has 190 valence electrons. The van der Waals surface area contributed by atoms with Crippen LogP contribution in [0.1, 0.15) is 39.0 Å². The maximum absolute atomic E-state index is 11.7. The third-order valence-corrected chi connectivity index (χ3v) is 3.55. The Morgan fingerprint density at radius 2 is 1.55 bits per heavy atom. The van der Waals surface area contributed by atoms with Gasteiger partial charge in [0.2, 0.25) is 0 Å². The summed E-state index contributed by atoms with van der Waals surface area (Å²) in [7, 11) is -4.67. The molecule has 0 unspecified atom stereocenters. The van der Waals surface area contributed by atoms with Gasteiger partial charge in [0.1, 0.15) is 12.3 Å². The number of carboxylic acids is 3. The number of phosphoric ester groups is 1. The lowest BCUT2D eigenvalue weighted by Crippen LogP contribution is -2.33. The number of hydrogen-bond acceptors (Lipinski definition) is 9. The quantitative estimate of drug-likeness (QED) is 0.240. The van der Waals surface area contributed by atoms with Crippen molar-refractivity contribution < 1.29 is 58.4 Å². The van der Waals surface area contributed by atoms with Crippen molar-refractivity contribution in [2.45, 2.75) is 52.6 Å². The van der Waals surface area contributed by atoms with E-state index in [-0.39, 0.29) is 6.42 Å². The highest BCUT2D eigenvalue weighted by Crippen LogP contribution is 2.38. The molecular weight excluding hydrogens is 475 g/mol. The molecule has 0 bridgehead atoms. The molecule has 1 aromatic rings. The summed E-state index contributed by atoms with van der Waals surface area (Å²) in [5, 5.41) is 32.0. The summed E-state index contributed by atoms with van der Waals surface area (Å²) in [6, 6.07) is 0. The Balaban J connectivity index is 0. The highest BCUT2D eigenvalue weighted by molar-refractivity contribution is 7.46. The largest absolute Gasteiger partial charge is 0.481 e. The van der Waals surface area contributed by atoms with Crippen LogP contribution in [0.4, 0.5) is 0 Å². The average Bonchev–Trinajstić information content (AvgIpc) is 2.95. The Labute approximate surface area is 186 Å². The second kappa shape index (κ2) is 15.0. The Kier molecular flexibility index (Phi) is 14.7. The van der Waals surface area contributed by atoms with Crippen molar-refractivity contribution in [3.8, 4) is 0 Å². The molecule has 1 fully saturated rings. The number of aryl methyl sites for hydroxylation is 1. The number of aromatic amines is 1.